The number of amides is 1. The summed E-state index contributed by atoms with van der Waals surface area (Å²) < 4.78 is 11.9. The number of anilines is 1. The maximum Gasteiger partial charge on any atom is 0.253 e. The van der Waals surface area contributed by atoms with Crippen LogP contribution in [0.1, 0.15) is 10.4 Å². The molecule has 0 bridgehead atoms. The zero-order chi connectivity index (χ0) is 17.3. The number of hydrogen-bond acceptors (Lipinski definition) is 6. The van der Waals surface area contributed by atoms with Crippen LogP contribution in [0.3, 0.4) is 0 Å². The molecular formula is C18H22N2O3S2. The number of thiophene rings is 2. The molecule has 2 fully saturated rings. The minimum absolute atomic E-state index is 0.0288. The first-order valence-corrected chi connectivity index (χ1v) is 10.2. The van der Waals surface area contributed by atoms with Gasteiger partial charge in [0.1, 0.15) is 12.2 Å². The van der Waals surface area contributed by atoms with E-state index in [-0.39, 0.29) is 12.5 Å². The largest absolute Gasteiger partial charge is 0.377 e. The van der Waals surface area contributed by atoms with E-state index in [4.69, 9.17) is 9.47 Å². The molecule has 4 rings (SSSR count). The highest BCUT2D eigenvalue weighted by Gasteiger charge is 2.43. The highest BCUT2D eigenvalue weighted by Crippen LogP contribution is 2.32. The van der Waals surface area contributed by atoms with Crippen molar-refractivity contribution in [2.45, 2.75) is 19.1 Å². The summed E-state index contributed by atoms with van der Waals surface area (Å²) in [5.74, 6) is 0.0288. The monoisotopic (exact) mass is 378 g/mol. The summed E-state index contributed by atoms with van der Waals surface area (Å²) >= 11 is 3.37. The Labute approximate surface area is 155 Å². The third kappa shape index (κ3) is 3.80. The zero-order valence-corrected chi connectivity index (χ0v) is 15.9. The van der Waals surface area contributed by atoms with Crippen LogP contribution in [0.4, 0.5) is 5.00 Å². The first-order valence-electron chi connectivity index (χ1n) is 8.46. The quantitative estimate of drug-likeness (QED) is 0.824. The first kappa shape index (κ1) is 17.2. The van der Waals surface area contributed by atoms with Gasteiger partial charge >= 0.3 is 0 Å². The van der Waals surface area contributed by atoms with Crippen molar-refractivity contribution in [3.63, 3.8) is 0 Å². The SMILES string of the molecule is Cc1ccc(N2C[C@]3(COCCN(Cc4ccsc4)C3)OCC2=O)s1. The summed E-state index contributed by atoms with van der Waals surface area (Å²) in [5, 5.41) is 5.29. The molecule has 134 valence electrons. The van der Waals surface area contributed by atoms with Crippen molar-refractivity contribution < 1.29 is 14.3 Å². The lowest BCUT2D eigenvalue weighted by molar-refractivity contribution is -0.146. The fourth-order valence-corrected chi connectivity index (χ4v) is 4.96. The van der Waals surface area contributed by atoms with E-state index in [1.54, 1.807) is 22.7 Å². The van der Waals surface area contributed by atoms with Gasteiger partial charge in [0.2, 0.25) is 0 Å². The molecule has 5 nitrogen and oxygen atoms in total. The Morgan fingerprint density at radius 2 is 2.20 bits per heavy atom. The van der Waals surface area contributed by atoms with Crippen molar-refractivity contribution >= 4 is 33.6 Å². The van der Waals surface area contributed by atoms with Crippen molar-refractivity contribution in [3.8, 4) is 0 Å². The predicted molar refractivity (Wildman–Crippen MR) is 101 cm³/mol. The number of carbonyl (C=O) groups excluding carboxylic acids is 1. The molecular weight excluding hydrogens is 356 g/mol. The maximum absolute atomic E-state index is 12.4. The molecule has 1 spiro atoms. The molecule has 0 unspecified atom stereocenters. The fraction of sp³-hybridized carbons (Fsp3) is 0.500. The van der Waals surface area contributed by atoms with Crippen molar-refractivity contribution in [3.05, 3.63) is 39.4 Å². The molecule has 2 saturated heterocycles. The number of morpholine rings is 1. The lowest BCUT2D eigenvalue weighted by Gasteiger charge is -2.42. The van der Waals surface area contributed by atoms with Crippen molar-refractivity contribution in [2.75, 3.05) is 44.4 Å². The van der Waals surface area contributed by atoms with Crippen LogP contribution in [-0.4, -0.2) is 55.9 Å². The van der Waals surface area contributed by atoms with Gasteiger partial charge < -0.3 is 9.47 Å². The Bertz CT molecular complexity index is 731. The highest BCUT2D eigenvalue weighted by atomic mass is 32.1. The van der Waals surface area contributed by atoms with Gasteiger partial charge in [-0.15, -0.1) is 11.3 Å². The summed E-state index contributed by atoms with van der Waals surface area (Å²) in [5.41, 5.74) is 0.859. The minimum atomic E-state index is -0.460. The van der Waals surface area contributed by atoms with E-state index in [0.29, 0.717) is 19.8 Å². The maximum atomic E-state index is 12.4. The molecule has 0 saturated carbocycles. The standard InChI is InChI=1S/C18H22N2O3S2/c1-14-2-3-17(25-14)20-12-18(23-9-16(20)21)11-19(5-6-22-13-18)8-15-4-7-24-10-15/h2-4,7,10H,5-6,8-9,11-13H2,1H3/t18-/m1/s1. The Morgan fingerprint density at radius 3 is 2.96 bits per heavy atom. The van der Waals surface area contributed by atoms with E-state index in [1.165, 1.54) is 10.4 Å². The third-order valence-electron chi connectivity index (χ3n) is 4.66. The lowest BCUT2D eigenvalue weighted by Crippen LogP contribution is -2.60. The van der Waals surface area contributed by atoms with E-state index in [0.717, 1.165) is 24.6 Å². The molecule has 7 heteroatoms. The van der Waals surface area contributed by atoms with E-state index in [2.05, 4.69) is 34.7 Å². The van der Waals surface area contributed by atoms with Gasteiger partial charge in [-0.2, -0.15) is 11.3 Å². The molecule has 25 heavy (non-hydrogen) atoms. The van der Waals surface area contributed by atoms with Crippen LogP contribution in [0.25, 0.3) is 0 Å². The molecule has 1 atom stereocenters. The smallest absolute Gasteiger partial charge is 0.253 e. The van der Waals surface area contributed by atoms with Crippen LogP contribution in [-0.2, 0) is 20.8 Å². The Morgan fingerprint density at radius 1 is 1.28 bits per heavy atom. The number of ether oxygens (including phenoxy) is 2. The van der Waals surface area contributed by atoms with Crippen LogP contribution < -0.4 is 4.90 Å². The molecule has 2 aliphatic heterocycles. The van der Waals surface area contributed by atoms with Gasteiger partial charge in [-0.05, 0) is 41.4 Å². The van der Waals surface area contributed by atoms with Crippen molar-refractivity contribution in [1.29, 1.82) is 0 Å². The van der Waals surface area contributed by atoms with Crippen LogP contribution in [0.15, 0.2) is 29.0 Å². The molecule has 2 aromatic heterocycles. The molecule has 0 N–H and O–H groups in total. The van der Waals surface area contributed by atoms with Crippen molar-refractivity contribution in [1.82, 2.24) is 4.90 Å². The zero-order valence-electron chi connectivity index (χ0n) is 14.3. The first-order chi connectivity index (χ1) is 12.1. The summed E-state index contributed by atoms with van der Waals surface area (Å²) in [6.07, 6.45) is 0. The van der Waals surface area contributed by atoms with Crippen LogP contribution >= 0.6 is 22.7 Å². The fourth-order valence-electron chi connectivity index (χ4n) is 3.43. The number of nitrogens with zero attached hydrogens (tertiary/aromatic N) is 2. The average molecular weight is 379 g/mol. The molecule has 2 aromatic rings. The number of carbonyl (C=O) groups is 1. The van der Waals surface area contributed by atoms with E-state index in [9.17, 15) is 4.79 Å². The van der Waals surface area contributed by atoms with Gasteiger partial charge in [0.05, 0.1) is 24.8 Å². The van der Waals surface area contributed by atoms with E-state index in [1.807, 2.05) is 11.0 Å². The summed E-state index contributed by atoms with van der Waals surface area (Å²) in [6.45, 7) is 6.50. The topological polar surface area (TPSA) is 42.0 Å². The average Bonchev–Trinajstić information content (AvgIpc) is 3.21. The third-order valence-corrected chi connectivity index (χ3v) is 6.41. The Balaban J connectivity index is 1.53. The van der Waals surface area contributed by atoms with Gasteiger partial charge in [-0.25, -0.2) is 0 Å². The Kier molecular flexibility index (Phi) is 4.92. The van der Waals surface area contributed by atoms with Gasteiger partial charge in [-0.3, -0.25) is 14.6 Å². The van der Waals surface area contributed by atoms with Crippen molar-refractivity contribution in [2.24, 2.45) is 0 Å². The number of rotatable bonds is 3. The van der Waals surface area contributed by atoms with Crippen LogP contribution in [0.2, 0.25) is 0 Å². The second kappa shape index (κ2) is 7.17. The molecule has 1 amide bonds. The summed E-state index contributed by atoms with van der Waals surface area (Å²) in [7, 11) is 0. The molecule has 2 aliphatic rings. The minimum Gasteiger partial charge on any atom is -0.377 e. The van der Waals surface area contributed by atoms with Crippen LogP contribution in [0.5, 0.6) is 0 Å². The van der Waals surface area contributed by atoms with Gasteiger partial charge in [0, 0.05) is 24.5 Å². The summed E-state index contributed by atoms with van der Waals surface area (Å²) in [4.78, 5) is 17.9. The predicted octanol–water partition coefficient (Wildman–Crippen LogP) is 2.75. The number of hydrogen-bond donors (Lipinski definition) is 0. The van der Waals surface area contributed by atoms with E-state index >= 15 is 0 Å². The van der Waals surface area contributed by atoms with Gasteiger partial charge in [0.15, 0.2) is 0 Å². The van der Waals surface area contributed by atoms with Crippen LogP contribution in [0, 0.1) is 6.92 Å². The second-order valence-electron chi connectivity index (χ2n) is 6.73. The molecule has 0 radical (unpaired) electrons. The highest BCUT2D eigenvalue weighted by molar-refractivity contribution is 7.16. The molecule has 0 aliphatic carbocycles. The molecule has 4 heterocycles. The number of aryl methyl sites for hydroxylation is 1. The van der Waals surface area contributed by atoms with E-state index < -0.39 is 5.60 Å². The summed E-state index contributed by atoms with van der Waals surface area (Å²) in [6, 6.07) is 6.24. The van der Waals surface area contributed by atoms with Gasteiger partial charge in [-0.1, -0.05) is 0 Å². The molecule has 0 aromatic carbocycles. The van der Waals surface area contributed by atoms with Gasteiger partial charge in [0.25, 0.3) is 5.91 Å². The second-order valence-corrected chi connectivity index (χ2v) is 8.78. The normalized spacial score (nSPS) is 25.5. The Hall–Kier alpha value is -1.25. The lowest BCUT2D eigenvalue weighted by atomic mass is 10.0.